The summed E-state index contributed by atoms with van der Waals surface area (Å²) in [7, 11) is 1.82. The first-order valence-corrected chi connectivity index (χ1v) is 9.54. The van der Waals surface area contributed by atoms with Crippen molar-refractivity contribution in [1.82, 2.24) is 0 Å². The molecule has 5 heteroatoms. The number of unbranched alkanes of at least 4 members (excludes halogenated alkanes) is 7. The molecule has 0 N–H and O–H groups in total. The third kappa shape index (κ3) is 16.2. The molecule has 0 radical (unpaired) electrons. The van der Waals surface area contributed by atoms with Crippen molar-refractivity contribution in [2.75, 3.05) is 19.0 Å². The molecule has 110 valence electrons. The summed E-state index contributed by atoms with van der Waals surface area (Å²) in [5.74, 6) is 0.0901. The minimum absolute atomic E-state index is 0.0901. The molecule has 0 unspecified atom stereocenters. The van der Waals surface area contributed by atoms with Crippen LogP contribution in [0.1, 0.15) is 64.7 Å². The van der Waals surface area contributed by atoms with Gasteiger partial charge < -0.3 is 4.74 Å². The van der Waals surface area contributed by atoms with Crippen LogP contribution < -0.4 is 0 Å². The zero-order chi connectivity index (χ0) is 13.7. The summed E-state index contributed by atoms with van der Waals surface area (Å²) < 4.78 is 26.8. The van der Waals surface area contributed by atoms with E-state index in [1.807, 2.05) is 0 Å². The minimum atomic E-state index is -3.30. The molecule has 0 aliphatic heterocycles. The Morgan fingerprint density at radius 1 is 0.833 bits per heavy atom. The molecule has 0 saturated heterocycles. The molecule has 0 rings (SSSR count). The fourth-order valence-electron chi connectivity index (χ4n) is 1.74. The van der Waals surface area contributed by atoms with E-state index in [0.717, 1.165) is 38.9 Å². The molecule has 0 fully saturated rings. The van der Waals surface area contributed by atoms with Crippen molar-refractivity contribution in [3.05, 3.63) is 0 Å². The molecule has 0 aromatic rings. The standard InChI is InChI=1S/C13H27ClO3S/c1-2-3-4-5-8-11-17-12-9-6-7-10-13-18(14,15)16/h2-13H2,1H3. The van der Waals surface area contributed by atoms with Crippen molar-refractivity contribution in [3.8, 4) is 0 Å². The maximum atomic E-state index is 10.7. The van der Waals surface area contributed by atoms with Crippen molar-refractivity contribution < 1.29 is 13.2 Å². The van der Waals surface area contributed by atoms with Crippen LogP contribution in [0.15, 0.2) is 0 Å². The van der Waals surface area contributed by atoms with E-state index in [1.165, 1.54) is 25.7 Å². The highest BCUT2D eigenvalue weighted by atomic mass is 35.7. The molecule has 3 nitrogen and oxygen atoms in total. The fourth-order valence-corrected chi connectivity index (χ4v) is 2.62. The van der Waals surface area contributed by atoms with Crippen molar-refractivity contribution in [2.24, 2.45) is 0 Å². The van der Waals surface area contributed by atoms with E-state index in [9.17, 15) is 8.42 Å². The Balaban J connectivity index is 3.03. The van der Waals surface area contributed by atoms with Crippen LogP contribution in [0.3, 0.4) is 0 Å². The summed E-state index contributed by atoms with van der Waals surface area (Å²) in [6, 6.07) is 0. The van der Waals surface area contributed by atoms with Gasteiger partial charge in [0.05, 0.1) is 5.75 Å². The van der Waals surface area contributed by atoms with Crippen LogP contribution >= 0.6 is 10.7 Å². The lowest BCUT2D eigenvalue weighted by molar-refractivity contribution is 0.126. The Morgan fingerprint density at radius 3 is 1.83 bits per heavy atom. The van der Waals surface area contributed by atoms with Gasteiger partial charge in [-0.15, -0.1) is 0 Å². The number of rotatable bonds is 13. The number of hydrogen-bond acceptors (Lipinski definition) is 3. The van der Waals surface area contributed by atoms with Crippen LogP contribution in [0.2, 0.25) is 0 Å². The molecule has 0 aromatic carbocycles. The average Bonchev–Trinajstić information content (AvgIpc) is 2.29. The van der Waals surface area contributed by atoms with Gasteiger partial charge in [0.1, 0.15) is 0 Å². The minimum Gasteiger partial charge on any atom is -0.381 e. The molecular formula is C13H27ClO3S. The normalized spacial score (nSPS) is 11.9. The molecular weight excluding hydrogens is 272 g/mol. The number of halogens is 1. The van der Waals surface area contributed by atoms with E-state index in [1.54, 1.807) is 0 Å². The maximum absolute atomic E-state index is 10.7. The van der Waals surface area contributed by atoms with E-state index in [2.05, 4.69) is 6.92 Å². The lowest BCUT2D eigenvalue weighted by Crippen LogP contribution is -1.99. The molecule has 0 aromatic heterocycles. The summed E-state index contributed by atoms with van der Waals surface area (Å²) in [4.78, 5) is 0. The highest BCUT2D eigenvalue weighted by Crippen LogP contribution is 2.06. The molecule has 0 aliphatic carbocycles. The Labute approximate surface area is 117 Å². The van der Waals surface area contributed by atoms with Crippen LogP contribution in [-0.2, 0) is 13.8 Å². The van der Waals surface area contributed by atoms with Gasteiger partial charge in [0.15, 0.2) is 0 Å². The lowest BCUT2D eigenvalue weighted by Gasteiger charge is -2.04. The van der Waals surface area contributed by atoms with Crippen LogP contribution in [0.25, 0.3) is 0 Å². The van der Waals surface area contributed by atoms with Crippen molar-refractivity contribution in [2.45, 2.75) is 64.7 Å². The van der Waals surface area contributed by atoms with E-state index in [0.29, 0.717) is 6.42 Å². The van der Waals surface area contributed by atoms with Gasteiger partial charge in [0, 0.05) is 23.9 Å². The van der Waals surface area contributed by atoms with Crippen LogP contribution in [0, 0.1) is 0 Å². The quantitative estimate of drug-likeness (QED) is 0.380. The van der Waals surface area contributed by atoms with Gasteiger partial charge in [-0.25, -0.2) is 8.42 Å². The molecule has 0 bridgehead atoms. The average molecular weight is 299 g/mol. The molecule has 0 amide bonds. The lowest BCUT2D eigenvalue weighted by atomic mass is 10.2. The molecule has 0 heterocycles. The highest BCUT2D eigenvalue weighted by Gasteiger charge is 2.03. The second-order valence-corrected chi connectivity index (χ2v) is 7.58. The molecule has 18 heavy (non-hydrogen) atoms. The van der Waals surface area contributed by atoms with Gasteiger partial charge in [-0.2, -0.15) is 0 Å². The monoisotopic (exact) mass is 298 g/mol. The first-order valence-electron chi connectivity index (χ1n) is 7.06. The third-order valence-corrected chi connectivity index (χ3v) is 4.06. The third-order valence-electron chi connectivity index (χ3n) is 2.82. The Bertz CT molecular complexity index is 265. The Hall–Kier alpha value is 0.200. The zero-order valence-corrected chi connectivity index (χ0v) is 13.1. The van der Waals surface area contributed by atoms with Crippen LogP contribution in [0.5, 0.6) is 0 Å². The molecule has 0 saturated carbocycles. The molecule has 0 atom stereocenters. The van der Waals surface area contributed by atoms with Crippen LogP contribution in [-0.4, -0.2) is 27.4 Å². The largest absolute Gasteiger partial charge is 0.381 e. The predicted molar refractivity (Wildman–Crippen MR) is 77.7 cm³/mol. The highest BCUT2D eigenvalue weighted by molar-refractivity contribution is 8.13. The van der Waals surface area contributed by atoms with Gasteiger partial charge in [0.2, 0.25) is 9.05 Å². The number of hydrogen-bond donors (Lipinski definition) is 0. The fraction of sp³-hybridized carbons (Fsp3) is 1.00. The predicted octanol–water partition coefficient (Wildman–Crippen LogP) is 4.10. The van der Waals surface area contributed by atoms with Gasteiger partial charge >= 0.3 is 0 Å². The Kier molecular flexibility index (Phi) is 12.4. The Morgan fingerprint density at radius 2 is 1.33 bits per heavy atom. The molecule has 0 spiro atoms. The van der Waals surface area contributed by atoms with Crippen molar-refractivity contribution in [3.63, 3.8) is 0 Å². The van der Waals surface area contributed by atoms with Gasteiger partial charge in [-0.3, -0.25) is 0 Å². The summed E-state index contributed by atoms with van der Waals surface area (Å²) >= 11 is 0. The first-order chi connectivity index (χ1) is 8.56. The second-order valence-electron chi connectivity index (χ2n) is 4.68. The first kappa shape index (κ1) is 18.2. The summed E-state index contributed by atoms with van der Waals surface area (Å²) in [6.07, 6.45) is 9.93. The maximum Gasteiger partial charge on any atom is 0.232 e. The van der Waals surface area contributed by atoms with Crippen LogP contribution in [0.4, 0.5) is 0 Å². The second kappa shape index (κ2) is 12.2. The van der Waals surface area contributed by atoms with E-state index < -0.39 is 9.05 Å². The molecule has 0 aliphatic rings. The zero-order valence-electron chi connectivity index (χ0n) is 11.5. The van der Waals surface area contributed by atoms with E-state index >= 15 is 0 Å². The topological polar surface area (TPSA) is 43.4 Å². The summed E-state index contributed by atoms with van der Waals surface area (Å²) in [5, 5.41) is 0. The van der Waals surface area contributed by atoms with E-state index in [-0.39, 0.29) is 5.75 Å². The van der Waals surface area contributed by atoms with Gasteiger partial charge in [0.25, 0.3) is 0 Å². The van der Waals surface area contributed by atoms with E-state index in [4.69, 9.17) is 15.4 Å². The SMILES string of the molecule is CCCCCCCOCCCCCCS(=O)(=O)Cl. The summed E-state index contributed by atoms with van der Waals surface area (Å²) in [5.41, 5.74) is 0. The summed E-state index contributed by atoms with van der Waals surface area (Å²) in [6.45, 7) is 3.87. The number of ether oxygens (including phenoxy) is 1. The van der Waals surface area contributed by atoms with Crippen molar-refractivity contribution >= 4 is 19.7 Å². The van der Waals surface area contributed by atoms with Gasteiger partial charge in [-0.1, -0.05) is 45.4 Å². The smallest absolute Gasteiger partial charge is 0.232 e. The van der Waals surface area contributed by atoms with Crippen molar-refractivity contribution in [1.29, 1.82) is 0 Å². The van der Waals surface area contributed by atoms with Gasteiger partial charge in [-0.05, 0) is 19.3 Å².